The van der Waals surface area contributed by atoms with Gasteiger partial charge in [0.05, 0.1) is 11.5 Å². The smallest absolute Gasteiger partial charge is 0.237 e. The number of nitrogens with zero attached hydrogens (tertiary/aromatic N) is 3. The van der Waals surface area contributed by atoms with Crippen molar-refractivity contribution >= 4 is 34.1 Å². The Morgan fingerprint density at radius 1 is 1.07 bits per heavy atom. The summed E-state index contributed by atoms with van der Waals surface area (Å²) in [5.74, 6) is 1.67. The van der Waals surface area contributed by atoms with Gasteiger partial charge in [-0.25, -0.2) is 0 Å². The largest absolute Gasteiger partial charge is 0.461 e. The van der Waals surface area contributed by atoms with Crippen molar-refractivity contribution < 1.29 is 9.21 Å². The fourth-order valence-electron chi connectivity index (χ4n) is 3.22. The molecule has 0 saturated carbocycles. The first kappa shape index (κ1) is 20.2. The van der Waals surface area contributed by atoms with E-state index in [0.29, 0.717) is 22.7 Å². The van der Waals surface area contributed by atoms with Gasteiger partial charge < -0.3 is 9.73 Å². The predicted octanol–water partition coefficient (Wildman–Crippen LogP) is 5.47. The third kappa shape index (κ3) is 4.41. The van der Waals surface area contributed by atoms with Crippen molar-refractivity contribution in [2.45, 2.75) is 37.7 Å². The van der Waals surface area contributed by atoms with Gasteiger partial charge in [0.15, 0.2) is 16.7 Å². The van der Waals surface area contributed by atoms with E-state index < -0.39 is 0 Å². The quantitative estimate of drug-likeness (QED) is 0.402. The van der Waals surface area contributed by atoms with E-state index in [4.69, 9.17) is 4.42 Å². The molecule has 0 radical (unpaired) electrons. The van der Waals surface area contributed by atoms with Crippen LogP contribution in [-0.4, -0.2) is 25.9 Å². The van der Waals surface area contributed by atoms with Crippen LogP contribution in [0.4, 0.5) is 5.69 Å². The summed E-state index contributed by atoms with van der Waals surface area (Å²) in [4.78, 5) is 12.8. The van der Waals surface area contributed by atoms with Crippen LogP contribution in [0.1, 0.15) is 20.8 Å². The normalized spacial score (nSPS) is 12.4. The maximum atomic E-state index is 12.8. The highest BCUT2D eigenvalue weighted by Gasteiger charge is 2.22. The molecule has 30 heavy (non-hydrogen) atoms. The number of thioether (sulfide) groups is 1. The molecule has 1 N–H and O–H groups in total. The van der Waals surface area contributed by atoms with Gasteiger partial charge in [-0.05, 0) is 47.9 Å². The Morgan fingerprint density at radius 2 is 1.87 bits per heavy atom. The number of amides is 1. The number of benzene rings is 2. The van der Waals surface area contributed by atoms with Gasteiger partial charge in [0.2, 0.25) is 5.91 Å². The second-order valence-electron chi connectivity index (χ2n) is 7.60. The molecule has 154 valence electrons. The minimum Gasteiger partial charge on any atom is -0.461 e. The van der Waals surface area contributed by atoms with E-state index in [2.05, 4.69) is 35.4 Å². The van der Waals surface area contributed by atoms with Crippen LogP contribution in [0.25, 0.3) is 22.4 Å². The van der Waals surface area contributed by atoms with Gasteiger partial charge in [-0.3, -0.25) is 9.36 Å². The number of carbonyl (C=O) groups is 1. The van der Waals surface area contributed by atoms with Gasteiger partial charge in [-0.15, -0.1) is 10.2 Å². The molecule has 2 aromatic heterocycles. The third-order valence-corrected chi connectivity index (χ3v) is 5.76. The molecule has 7 heteroatoms. The van der Waals surface area contributed by atoms with Crippen molar-refractivity contribution in [1.29, 1.82) is 0 Å². The van der Waals surface area contributed by atoms with Gasteiger partial charge in [-0.1, -0.05) is 55.9 Å². The summed E-state index contributed by atoms with van der Waals surface area (Å²) in [6.45, 7) is 6.89. The molecule has 0 aliphatic carbocycles. The molecule has 1 unspecified atom stereocenters. The number of fused-ring (bicyclic) bond motifs is 1. The molecule has 0 bridgehead atoms. The summed E-state index contributed by atoms with van der Waals surface area (Å²) in [7, 11) is 0. The first-order valence-corrected chi connectivity index (χ1v) is 10.8. The molecule has 0 spiro atoms. The molecule has 1 amide bonds. The summed E-state index contributed by atoms with van der Waals surface area (Å²) < 4.78 is 7.53. The summed E-state index contributed by atoms with van der Waals surface area (Å²) >= 11 is 1.40. The Balaban J connectivity index is 1.51. The van der Waals surface area contributed by atoms with Crippen molar-refractivity contribution in [3.63, 3.8) is 0 Å². The van der Waals surface area contributed by atoms with Crippen LogP contribution in [0.3, 0.4) is 0 Å². The highest BCUT2D eigenvalue weighted by molar-refractivity contribution is 8.00. The lowest BCUT2D eigenvalue weighted by atomic mass is 10.1. The molecule has 6 nitrogen and oxygen atoms in total. The van der Waals surface area contributed by atoms with Crippen molar-refractivity contribution in [3.05, 3.63) is 60.9 Å². The zero-order chi connectivity index (χ0) is 21.1. The van der Waals surface area contributed by atoms with Gasteiger partial charge in [-0.2, -0.15) is 0 Å². The third-order valence-electron chi connectivity index (χ3n) is 4.67. The summed E-state index contributed by atoms with van der Waals surface area (Å²) in [5, 5.41) is 14.3. The van der Waals surface area contributed by atoms with Crippen molar-refractivity contribution in [3.8, 4) is 11.6 Å². The van der Waals surface area contributed by atoms with Crippen LogP contribution < -0.4 is 5.32 Å². The van der Waals surface area contributed by atoms with Crippen LogP contribution in [-0.2, 0) is 11.3 Å². The number of nitrogens with one attached hydrogen (secondary N) is 1. The average molecular weight is 421 g/mol. The van der Waals surface area contributed by atoms with E-state index in [-0.39, 0.29) is 11.2 Å². The predicted molar refractivity (Wildman–Crippen MR) is 120 cm³/mol. The maximum Gasteiger partial charge on any atom is 0.237 e. The zero-order valence-corrected chi connectivity index (χ0v) is 18.0. The Morgan fingerprint density at radius 3 is 2.60 bits per heavy atom. The molecule has 4 rings (SSSR count). The van der Waals surface area contributed by atoms with Crippen LogP contribution in [0.5, 0.6) is 0 Å². The molecule has 0 aliphatic heterocycles. The Labute approximate surface area is 179 Å². The maximum absolute atomic E-state index is 12.8. The van der Waals surface area contributed by atoms with E-state index in [0.717, 1.165) is 23.0 Å². The van der Waals surface area contributed by atoms with Crippen LogP contribution in [0.2, 0.25) is 0 Å². The highest BCUT2D eigenvalue weighted by Crippen LogP contribution is 2.29. The molecule has 0 saturated heterocycles. The Hall–Kier alpha value is -3.06. The molecule has 4 aromatic rings. The number of hydrogen-bond donors (Lipinski definition) is 1. The number of rotatable bonds is 7. The number of furan rings is 1. The molecular weight excluding hydrogens is 396 g/mol. The Bertz CT molecular complexity index is 1150. The molecule has 2 heterocycles. The number of aromatic nitrogens is 3. The zero-order valence-electron chi connectivity index (χ0n) is 17.2. The van der Waals surface area contributed by atoms with Crippen molar-refractivity contribution in [1.82, 2.24) is 14.8 Å². The summed E-state index contributed by atoms with van der Waals surface area (Å²) in [5.41, 5.74) is 0.783. The fraction of sp³-hybridized carbons (Fsp3) is 0.261. The van der Waals surface area contributed by atoms with Crippen LogP contribution in [0, 0.1) is 5.92 Å². The first-order chi connectivity index (χ1) is 14.5. The first-order valence-electron chi connectivity index (χ1n) is 9.94. The van der Waals surface area contributed by atoms with Gasteiger partial charge in [0.1, 0.15) is 0 Å². The van der Waals surface area contributed by atoms with Gasteiger partial charge in [0.25, 0.3) is 0 Å². The van der Waals surface area contributed by atoms with Crippen LogP contribution >= 0.6 is 11.8 Å². The minimum atomic E-state index is -0.337. The van der Waals surface area contributed by atoms with Gasteiger partial charge in [0, 0.05) is 12.2 Å². The second-order valence-corrected chi connectivity index (χ2v) is 8.91. The summed E-state index contributed by atoms with van der Waals surface area (Å²) in [6.07, 6.45) is 1.62. The summed E-state index contributed by atoms with van der Waals surface area (Å²) in [6, 6.07) is 17.7. The standard InChI is InChI=1S/C23H24N4O2S/c1-15(2)14-27-21(20-9-6-12-29-20)25-26-23(27)30-16(3)22(28)24-19-11-10-17-7-4-5-8-18(17)13-19/h4-13,15-16H,14H2,1-3H3,(H,24,28). The lowest BCUT2D eigenvalue weighted by Crippen LogP contribution is -2.23. The number of anilines is 1. The molecular formula is C23H24N4O2S. The topological polar surface area (TPSA) is 73.0 Å². The van der Waals surface area contributed by atoms with Crippen molar-refractivity contribution in [2.75, 3.05) is 5.32 Å². The second kappa shape index (κ2) is 8.75. The fourth-order valence-corrected chi connectivity index (χ4v) is 4.07. The van der Waals surface area contributed by atoms with Crippen molar-refractivity contribution in [2.24, 2.45) is 5.92 Å². The number of hydrogen-bond acceptors (Lipinski definition) is 5. The number of carbonyl (C=O) groups excluding carboxylic acids is 1. The average Bonchev–Trinajstić information content (AvgIpc) is 3.38. The molecule has 0 aliphatic rings. The van der Waals surface area contributed by atoms with E-state index in [1.165, 1.54) is 11.8 Å². The molecule has 1 atom stereocenters. The lowest BCUT2D eigenvalue weighted by molar-refractivity contribution is -0.115. The minimum absolute atomic E-state index is 0.0751. The molecule has 0 fully saturated rings. The molecule has 2 aromatic carbocycles. The Kier molecular flexibility index (Phi) is 5.90. The highest BCUT2D eigenvalue weighted by atomic mass is 32.2. The SMILES string of the molecule is CC(C)Cn1c(SC(C)C(=O)Nc2ccc3ccccc3c2)nnc1-c1ccco1. The van der Waals surface area contributed by atoms with Gasteiger partial charge >= 0.3 is 0 Å². The van der Waals surface area contributed by atoms with E-state index in [1.807, 2.05) is 60.0 Å². The lowest BCUT2D eigenvalue weighted by Gasteiger charge is -2.15. The van der Waals surface area contributed by atoms with E-state index >= 15 is 0 Å². The van der Waals surface area contributed by atoms with E-state index in [9.17, 15) is 4.79 Å². The van der Waals surface area contributed by atoms with Crippen LogP contribution in [0.15, 0.2) is 70.4 Å². The van der Waals surface area contributed by atoms with E-state index in [1.54, 1.807) is 6.26 Å². The monoisotopic (exact) mass is 420 g/mol.